The Kier molecular flexibility index (Phi) is 6.60. The van der Waals surface area contributed by atoms with E-state index in [0.29, 0.717) is 0 Å². The molecule has 1 heterocycles. The van der Waals surface area contributed by atoms with Crippen molar-refractivity contribution in [3.05, 3.63) is 84.1 Å². The first-order valence-corrected chi connectivity index (χ1v) is 9.25. The summed E-state index contributed by atoms with van der Waals surface area (Å²) in [5.74, 6) is -3.65. The number of carbonyl (C=O) groups is 2. The largest absolute Gasteiger partial charge is 0.473 e. The van der Waals surface area contributed by atoms with Gasteiger partial charge in [0.15, 0.2) is 0 Å². The molecule has 4 N–H and O–H groups in total. The first-order valence-electron chi connectivity index (χ1n) is 9.25. The third-order valence-electron chi connectivity index (χ3n) is 4.62. The molecule has 0 radical (unpaired) electrons. The lowest BCUT2D eigenvalue weighted by Gasteiger charge is -2.08. The number of rotatable bonds is 5. The molecule has 6 nitrogen and oxygen atoms in total. The highest BCUT2D eigenvalue weighted by molar-refractivity contribution is 6.27. The second kappa shape index (κ2) is 9.52. The maximum absolute atomic E-state index is 9.10. The number of benzene rings is 3. The monoisotopic (exact) mass is 390 g/mol. The summed E-state index contributed by atoms with van der Waals surface area (Å²) in [6.07, 6.45) is 3.17. The van der Waals surface area contributed by atoms with Crippen molar-refractivity contribution in [3.63, 3.8) is 0 Å². The Labute approximate surface area is 167 Å². The van der Waals surface area contributed by atoms with Crippen molar-refractivity contribution in [2.75, 3.05) is 6.54 Å². The molecule has 4 aromatic rings. The molecule has 0 saturated heterocycles. The normalized spacial score (nSPS) is 10.5. The second-order valence-electron chi connectivity index (χ2n) is 6.53. The Bertz CT molecular complexity index is 1120. The molecule has 0 atom stereocenters. The molecule has 0 aliphatic rings. The van der Waals surface area contributed by atoms with Crippen LogP contribution in [0, 0.1) is 0 Å². The predicted molar refractivity (Wildman–Crippen MR) is 113 cm³/mol. The fourth-order valence-corrected chi connectivity index (χ4v) is 3.23. The number of carboxylic acid groups (broad SMARTS) is 2. The van der Waals surface area contributed by atoms with Gasteiger partial charge in [-0.2, -0.15) is 0 Å². The van der Waals surface area contributed by atoms with Crippen molar-refractivity contribution in [1.29, 1.82) is 0 Å². The van der Waals surface area contributed by atoms with E-state index in [-0.39, 0.29) is 0 Å². The molecule has 0 aliphatic carbocycles. The zero-order valence-electron chi connectivity index (χ0n) is 15.8. The van der Waals surface area contributed by atoms with E-state index in [1.54, 1.807) is 0 Å². The standard InChI is InChI=1S/C21H20N2.C2H2O4/c1-2-9-19-16(6-1)7-5-8-17(19)14-22-13-12-18-15-23-21-11-4-3-10-20(18)21;3-1(4)2(5)6/h1-11,15,22-23H,12-14H2;(H,3,4)(H,5,6). The van der Waals surface area contributed by atoms with Crippen LogP contribution in [0.25, 0.3) is 21.7 Å². The molecule has 0 spiro atoms. The van der Waals surface area contributed by atoms with Crippen LogP contribution < -0.4 is 5.32 Å². The zero-order chi connectivity index (χ0) is 20.6. The van der Waals surface area contributed by atoms with Gasteiger partial charge < -0.3 is 20.5 Å². The van der Waals surface area contributed by atoms with E-state index in [1.807, 2.05) is 0 Å². The van der Waals surface area contributed by atoms with E-state index in [1.165, 1.54) is 32.8 Å². The molecular weight excluding hydrogens is 368 g/mol. The molecule has 29 heavy (non-hydrogen) atoms. The Morgan fingerprint density at radius 1 is 0.793 bits per heavy atom. The highest BCUT2D eigenvalue weighted by Gasteiger charge is 2.04. The lowest BCUT2D eigenvalue weighted by Crippen LogP contribution is -2.16. The Hall–Kier alpha value is -3.64. The van der Waals surface area contributed by atoms with E-state index < -0.39 is 11.9 Å². The van der Waals surface area contributed by atoms with Gasteiger partial charge in [-0.15, -0.1) is 0 Å². The first kappa shape index (κ1) is 20.1. The van der Waals surface area contributed by atoms with Crippen LogP contribution in [0.2, 0.25) is 0 Å². The lowest BCUT2D eigenvalue weighted by molar-refractivity contribution is -0.159. The third-order valence-corrected chi connectivity index (χ3v) is 4.62. The molecule has 6 heteroatoms. The van der Waals surface area contributed by atoms with Crippen molar-refractivity contribution >= 4 is 33.6 Å². The fourth-order valence-electron chi connectivity index (χ4n) is 3.23. The number of H-pyrrole nitrogens is 1. The fraction of sp³-hybridized carbons (Fsp3) is 0.130. The SMILES string of the molecule is O=C(O)C(=O)O.c1ccc2c(CNCCc3c[nH]c4ccccc34)cccc2c1. The predicted octanol–water partition coefficient (Wildman–Crippen LogP) is 3.81. The summed E-state index contributed by atoms with van der Waals surface area (Å²) in [6.45, 7) is 1.88. The summed E-state index contributed by atoms with van der Waals surface area (Å²) in [7, 11) is 0. The van der Waals surface area contributed by atoms with Crippen molar-refractivity contribution < 1.29 is 19.8 Å². The zero-order valence-corrected chi connectivity index (χ0v) is 15.8. The number of nitrogens with one attached hydrogen (secondary N) is 2. The van der Waals surface area contributed by atoms with E-state index >= 15 is 0 Å². The van der Waals surface area contributed by atoms with Gasteiger partial charge in [0.05, 0.1) is 0 Å². The highest BCUT2D eigenvalue weighted by atomic mass is 16.4. The molecular formula is C23H22N2O4. The first-order chi connectivity index (χ1) is 14.1. The average Bonchev–Trinajstić information content (AvgIpc) is 3.15. The van der Waals surface area contributed by atoms with Gasteiger partial charge in [-0.05, 0) is 40.9 Å². The van der Waals surface area contributed by atoms with Gasteiger partial charge in [0.1, 0.15) is 0 Å². The van der Waals surface area contributed by atoms with Crippen LogP contribution in [0.3, 0.4) is 0 Å². The van der Waals surface area contributed by atoms with Crippen LogP contribution in [0.5, 0.6) is 0 Å². The van der Waals surface area contributed by atoms with Gasteiger partial charge >= 0.3 is 11.9 Å². The third kappa shape index (κ3) is 5.21. The molecule has 0 saturated carbocycles. The van der Waals surface area contributed by atoms with E-state index in [0.717, 1.165) is 19.5 Å². The smallest absolute Gasteiger partial charge is 0.414 e. The Morgan fingerprint density at radius 3 is 2.21 bits per heavy atom. The minimum absolute atomic E-state index is 0.906. The van der Waals surface area contributed by atoms with E-state index in [2.05, 4.69) is 83.2 Å². The van der Waals surface area contributed by atoms with E-state index in [4.69, 9.17) is 19.8 Å². The van der Waals surface area contributed by atoms with Crippen molar-refractivity contribution in [2.45, 2.75) is 13.0 Å². The molecule has 0 unspecified atom stereocenters. The highest BCUT2D eigenvalue weighted by Crippen LogP contribution is 2.19. The van der Waals surface area contributed by atoms with Gasteiger partial charge in [-0.3, -0.25) is 0 Å². The summed E-state index contributed by atoms with van der Waals surface area (Å²) in [5, 5.41) is 22.3. The summed E-state index contributed by atoms with van der Waals surface area (Å²) >= 11 is 0. The van der Waals surface area contributed by atoms with Gasteiger partial charge in [0.2, 0.25) is 0 Å². The molecule has 0 bridgehead atoms. The number of hydrogen-bond donors (Lipinski definition) is 4. The number of fused-ring (bicyclic) bond motifs is 2. The van der Waals surface area contributed by atoms with Gasteiger partial charge in [0, 0.05) is 23.6 Å². The Morgan fingerprint density at radius 2 is 1.45 bits per heavy atom. The van der Waals surface area contributed by atoms with Crippen molar-refractivity contribution in [2.24, 2.45) is 0 Å². The summed E-state index contributed by atoms with van der Waals surface area (Å²) in [4.78, 5) is 21.5. The molecule has 0 aliphatic heterocycles. The number of carboxylic acids is 2. The van der Waals surface area contributed by atoms with Crippen LogP contribution >= 0.6 is 0 Å². The molecule has 3 aromatic carbocycles. The number of hydrogen-bond acceptors (Lipinski definition) is 3. The minimum Gasteiger partial charge on any atom is -0.473 e. The molecule has 4 rings (SSSR count). The quantitative estimate of drug-likeness (QED) is 0.307. The van der Waals surface area contributed by atoms with Crippen LogP contribution in [0.1, 0.15) is 11.1 Å². The van der Waals surface area contributed by atoms with Crippen LogP contribution in [0.15, 0.2) is 72.9 Å². The maximum Gasteiger partial charge on any atom is 0.414 e. The number of aromatic amines is 1. The number of aliphatic carboxylic acids is 2. The molecule has 1 aromatic heterocycles. The summed E-state index contributed by atoms with van der Waals surface area (Å²) in [5.41, 5.74) is 3.96. The van der Waals surface area contributed by atoms with Crippen molar-refractivity contribution in [1.82, 2.24) is 10.3 Å². The average molecular weight is 390 g/mol. The number of para-hydroxylation sites is 1. The lowest BCUT2D eigenvalue weighted by atomic mass is 10.0. The molecule has 148 valence electrons. The number of aromatic nitrogens is 1. The van der Waals surface area contributed by atoms with Crippen molar-refractivity contribution in [3.8, 4) is 0 Å². The summed E-state index contributed by atoms with van der Waals surface area (Å²) in [6, 6.07) is 23.6. The second-order valence-corrected chi connectivity index (χ2v) is 6.53. The maximum atomic E-state index is 9.10. The summed E-state index contributed by atoms with van der Waals surface area (Å²) < 4.78 is 0. The van der Waals surface area contributed by atoms with E-state index in [9.17, 15) is 0 Å². The topological polar surface area (TPSA) is 102 Å². The van der Waals surface area contributed by atoms with Crippen LogP contribution in [-0.2, 0) is 22.6 Å². The minimum atomic E-state index is -1.82. The molecule has 0 fully saturated rings. The van der Waals surface area contributed by atoms with Gasteiger partial charge in [0.25, 0.3) is 0 Å². The Balaban J connectivity index is 0.000000353. The van der Waals surface area contributed by atoms with Gasteiger partial charge in [-0.1, -0.05) is 60.7 Å². The van der Waals surface area contributed by atoms with Crippen LogP contribution in [-0.4, -0.2) is 33.7 Å². The van der Waals surface area contributed by atoms with Gasteiger partial charge in [-0.25, -0.2) is 9.59 Å². The molecule has 0 amide bonds. The van der Waals surface area contributed by atoms with Crippen LogP contribution in [0.4, 0.5) is 0 Å².